The van der Waals surface area contributed by atoms with Gasteiger partial charge in [-0.05, 0) is 32.9 Å². The zero-order chi connectivity index (χ0) is 14.7. The van der Waals surface area contributed by atoms with E-state index in [9.17, 15) is 18.0 Å². The number of halogens is 3. The zero-order valence-corrected chi connectivity index (χ0v) is 11.0. The standard InChI is InChI=1S/C13H16F3NO2/c1-12(2,3)19-11(18)8-17-10-7-5-4-6-9(10)13(14,15)16/h4-7,17H,8H2,1-3H3. The average Bonchev–Trinajstić information content (AvgIpc) is 2.23. The zero-order valence-electron chi connectivity index (χ0n) is 11.0. The first-order valence-electron chi connectivity index (χ1n) is 5.71. The Hall–Kier alpha value is -1.72. The molecule has 0 saturated carbocycles. The number of alkyl halides is 3. The summed E-state index contributed by atoms with van der Waals surface area (Å²) in [6.45, 7) is 4.75. The molecule has 0 radical (unpaired) electrons. The van der Waals surface area contributed by atoms with Crippen LogP contribution in [0.2, 0.25) is 0 Å². The van der Waals surface area contributed by atoms with E-state index in [2.05, 4.69) is 5.32 Å². The summed E-state index contributed by atoms with van der Waals surface area (Å²) in [5.74, 6) is -0.607. The lowest BCUT2D eigenvalue weighted by molar-refractivity contribution is -0.152. The van der Waals surface area contributed by atoms with E-state index in [4.69, 9.17) is 4.74 Å². The predicted molar refractivity (Wildman–Crippen MR) is 65.8 cm³/mol. The monoisotopic (exact) mass is 275 g/mol. The summed E-state index contributed by atoms with van der Waals surface area (Å²) in [5, 5.41) is 2.45. The molecule has 0 aliphatic heterocycles. The summed E-state index contributed by atoms with van der Waals surface area (Å²) in [6.07, 6.45) is -4.46. The fourth-order valence-electron chi connectivity index (χ4n) is 1.43. The molecular formula is C13H16F3NO2. The number of hydrogen-bond donors (Lipinski definition) is 1. The van der Waals surface area contributed by atoms with E-state index in [1.807, 2.05) is 0 Å². The molecule has 0 spiro atoms. The molecule has 0 amide bonds. The van der Waals surface area contributed by atoms with Gasteiger partial charge < -0.3 is 10.1 Å². The largest absolute Gasteiger partial charge is 0.459 e. The Morgan fingerprint density at radius 3 is 2.32 bits per heavy atom. The van der Waals surface area contributed by atoms with Gasteiger partial charge in [0.25, 0.3) is 0 Å². The Bertz CT molecular complexity index is 450. The molecule has 0 unspecified atom stereocenters. The van der Waals surface area contributed by atoms with Gasteiger partial charge in [0, 0.05) is 5.69 Å². The lowest BCUT2D eigenvalue weighted by Gasteiger charge is -2.20. The summed E-state index contributed by atoms with van der Waals surface area (Å²) in [6, 6.07) is 4.98. The van der Waals surface area contributed by atoms with Crippen molar-refractivity contribution in [2.24, 2.45) is 0 Å². The molecule has 0 heterocycles. The molecule has 0 atom stereocenters. The summed E-state index contributed by atoms with van der Waals surface area (Å²) < 4.78 is 43.1. The van der Waals surface area contributed by atoms with E-state index in [0.29, 0.717) is 0 Å². The maximum atomic E-state index is 12.7. The number of benzene rings is 1. The van der Waals surface area contributed by atoms with Crippen LogP contribution < -0.4 is 5.32 Å². The Labute approximate surface area is 109 Å². The number of carbonyl (C=O) groups is 1. The van der Waals surface area contributed by atoms with Crippen molar-refractivity contribution >= 4 is 11.7 Å². The van der Waals surface area contributed by atoms with Crippen molar-refractivity contribution in [2.45, 2.75) is 32.5 Å². The van der Waals surface area contributed by atoms with Crippen LogP contribution in [0.1, 0.15) is 26.3 Å². The van der Waals surface area contributed by atoms with Crippen LogP contribution in [0, 0.1) is 0 Å². The lowest BCUT2D eigenvalue weighted by atomic mass is 10.1. The first kappa shape index (κ1) is 15.3. The molecule has 1 aromatic carbocycles. The van der Waals surface area contributed by atoms with Gasteiger partial charge in [-0.2, -0.15) is 13.2 Å². The number of anilines is 1. The third-order valence-electron chi connectivity index (χ3n) is 2.08. The smallest absolute Gasteiger partial charge is 0.418 e. The summed E-state index contributed by atoms with van der Waals surface area (Å²) in [5.41, 5.74) is -1.61. The molecule has 0 aliphatic carbocycles. The van der Waals surface area contributed by atoms with Crippen molar-refractivity contribution in [3.8, 4) is 0 Å². The number of nitrogens with one attached hydrogen (secondary N) is 1. The molecule has 0 aliphatic rings. The van der Waals surface area contributed by atoms with Crippen LogP contribution in [-0.4, -0.2) is 18.1 Å². The SMILES string of the molecule is CC(C)(C)OC(=O)CNc1ccccc1C(F)(F)F. The second kappa shape index (κ2) is 5.50. The highest BCUT2D eigenvalue weighted by atomic mass is 19.4. The number of esters is 1. The van der Waals surface area contributed by atoms with Crippen molar-refractivity contribution < 1.29 is 22.7 Å². The summed E-state index contributed by atoms with van der Waals surface area (Å²) in [7, 11) is 0. The Morgan fingerprint density at radius 2 is 1.79 bits per heavy atom. The van der Waals surface area contributed by atoms with Crippen molar-refractivity contribution in [2.75, 3.05) is 11.9 Å². The van der Waals surface area contributed by atoms with Crippen molar-refractivity contribution in [1.82, 2.24) is 0 Å². The highest BCUT2D eigenvalue weighted by Crippen LogP contribution is 2.34. The van der Waals surface area contributed by atoms with Gasteiger partial charge in [-0.25, -0.2) is 0 Å². The molecule has 19 heavy (non-hydrogen) atoms. The van der Waals surface area contributed by atoms with E-state index in [0.717, 1.165) is 6.07 Å². The van der Waals surface area contributed by atoms with Crippen molar-refractivity contribution in [3.63, 3.8) is 0 Å². The molecule has 3 nitrogen and oxygen atoms in total. The number of para-hydroxylation sites is 1. The molecule has 0 saturated heterocycles. The van der Waals surface area contributed by atoms with Gasteiger partial charge in [-0.15, -0.1) is 0 Å². The summed E-state index contributed by atoms with van der Waals surface area (Å²) >= 11 is 0. The minimum atomic E-state index is -4.46. The molecule has 1 rings (SSSR count). The van der Waals surface area contributed by atoms with Crippen LogP contribution in [-0.2, 0) is 15.7 Å². The Kier molecular flexibility index (Phi) is 4.44. The highest BCUT2D eigenvalue weighted by Gasteiger charge is 2.33. The normalized spacial score (nSPS) is 12.1. The van der Waals surface area contributed by atoms with E-state index in [1.165, 1.54) is 18.2 Å². The van der Waals surface area contributed by atoms with Crippen molar-refractivity contribution in [1.29, 1.82) is 0 Å². The molecule has 106 valence electrons. The topological polar surface area (TPSA) is 38.3 Å². The Balaban J connectivity index is 2.71. The van der Waals surface area contributed by atoms with E-state index in [1.54, 1.807) is 20.8 Å². The molecule has 0 fully saturated rings. The second-order valence-corrected chi connectivity index (χ2v) is 4.98. The molecular weight excluding hydrogens is 259 g/mol. The molecule has 0 bridgehead atoms. The van der Waals surface area contributed by atoms with E-state index >= 15 is 0 Å². The first-order valence-corrected chi connectivity index (χ1v) is 5.71. The average molecular weight is 275 g/mol. The molecule has 1 aromatic rings. The maximum Gasteiger partial charge on any atom is 0.418 e. The number of hydrogen-bond acceptors (Lipinski definition) is 3. The van der Waals surface area contributed by atoms with Gasteiger partial charge in [0.2, 0.25) is 0 Å². The van der Waals surface area contributed by atoms with Crippen molar-refractivity contribution in [3.05, 3.63) is 29.8 Å². The van der Waals surface area contributed by atoms with Crippen LogP contribution in [0.5, 0.6) is 0 Å². The fourth-order valence-corrected chi connectivity index (χ4v) is 1.43. The van der Waals surface area contributed by atoms with Gasteiger partial charge in [-0.3, -0.25) is 4.79 Å². The van der Waals surface area contributed by atoms with Gasteiger partial charge in [0.05, 0.1) is 5.56 Å². The molecule has 0 aromatic heterocycles. The fraction of sp³-hybridized carbons (Fsp3) is 0.462. The first-order chi connectivity index (χ1) is 8.59. The van der Waals surface area contributed by atoms with Crippen LogP contribution >= 0.6 is 0 Å². The van der Waals surface area contributed by atoms with Gasteiger partial charge in [-0.1, -0.05) is 12.1 Å². The quantitative estimate of drug-likeness (QED) is 0.858. The number of rotatable bonds is 3. The van der Waals surface area contributed by atoms with Crippen LogP contribution in [0.25, 0.3) is 0 Å². The third kappa shape index (κ3) is 5.19. The predicted octanol–water partition coefficient (Wildman–Crippen LogP) is 3.46. The third-order valence-corrected chi connectivity index (χ3v) is 2.08. The van der Waals surface area contributed by atoms with Gasteiger partial charge >= 0.3 is 12.1 Å². The van der Waals surface area contributed by atoms with E-state index in [-0.39, 0.29) is 12.2 Å². The summed E-state index contributed by atoms with van der Waals surface area (Å²) in [4.78, 5) is 11.4. The second-order valence-electron chi connectivity index (χ2n) is 4.98. The Morgan fingerprint density at radius 1 is 1.21 bits per heavy atom. The maximum absolute atomic E-state index is 12.7. The van der Waals surface area contributed by atoms with Crippen LogP contribution in [0.3, 0.4) is 0 Å². The van der Waals surface area contributed by atoms with Crippen LogP contribution in [0.4, 0.5) is 18.9 Å². The minimum Gasteiger partial charge on any atom is -0.459 e. The van der Waals surface area contributed by atoms with Gasteiger partial charge in [0.15, 0.2) is 0 Å². The minimum absolute atomic E-state index is 0.138. The van der Waals surface area contributed by atoms with Crippen LogP contribution in [0.15, 0.2) is 24.3 Å². The van der Waals surface area contributed by atoms with E-state index < -0.39 is 23.3 Å². The van der Waals surface area contributed by atoms with Gasteiger partial charge in [0.1, 0.15) is 12.1 Å². The lowest BCUT2D eigenvalue weighted by Crippen LogP contribution is -2.28. The molecule has 6 heteroatoms. The highest BCUT2D eigenvalue weighted by molar-refractivity contribution is 5.75. The molecule has 1 N–H and O–H groups in total. The number of carbonyl (C=O) groups excluding carboxylic acids is 1. The number of ether oxygens (including phenoxy) is 1.